The van der Waals surface area contributed by atoms with Crippen LogP contribution in [0, 0.1) is 5.92 Å². The molecular weight excluding hydrogens is 460 g/mol. The summed E-state index contributed by atoms with van der Waals surface area (Å²) >= 11 is 7.02. The minimum absolute atomic E-state index is 0.0796. The molecular formula is C19H36N4O5S3. The topological polar surface area (TPSA) is 151 Å². The van der Waals surface area contributed by atoms with Crippen LogP contribution in [-0.2, 0) is 19.2 Å². The van der Waals surface area contributed by atoms with Gasteiger partial charge in [0.05, 0.1) is 6.04 Å². The molecule has 0 aromatic heterocycles. The molecule has 0 radical (unpaired) electrons. The lowest BCUT2D eigenvalue weighted by molar-refractivity contribution is -0.141. The number of hydrogen-bond acceptors (Lipinski definition) is 8. The minimum atomic E-state index is -1.21. The molecule has 0 aromatic rings. The van der Waals surface area contributed by atoms with E-state index < -0.39 is 47.9 Å². The van der Waals surface area contributed by atoms with Gasteiger partial charge in [-0.15, -0.1) is 0 Å². The summed E-state index contributed by atoms with van der Waals surface area (Å²) in [5.74, 6) is -1.69. The molecule has 0 aromatic carbocycles. The molecule has 0 aliphatic carbocycles. The second-order valence-corrected chi connectivity index (χ2v) is 9.52. The van der Waals surface area contributed by atoms with Gasteiger partial charge in [0.1, 0.15) is 18.1 Å². The smallest absolute Gasteiger partial charge is 0.327 e. The van der Waals surface area contributed by atoms with E-state index in [0.717, 1.165) is 5.75 Å². The maximum atomic E-state index is 13.0. The number of amides is 3. The number of hydrogen-bond donors (Lipinski definition) is 6. The van der Waals surface area contributed by atoms with E-state index in [4.69, 9.17) is 10.8 Å². The average Bonchev–Trinajstić information content (AvgIpc) is 2.75. The summed E-state index contributed by atoms with van der Waals surface area (Å²) in [6.45, 7) is 3.73. The molecule has 5 atom stereocenters. The fourth-order valence-corrected chi connectivity index (χ4v) is 3.77. The van der Waals surface area contributed by atoms with Crippen LogP contribution in [0.3, 0.4) is 0 Å². The number of thiol groups is 1. The zero-order valence-corrected chi connectivity index (χ0v) is 21.1. The van der Waals surface area contributed by atoms with Gasteiger partial charge < -0.3 is 26.8 Å². The molecule has 0 spiro atoms. The Morgan fingerprint density at radius 1 is 0.935 bits per heavy atom. The van der Waals surface area contributed by atoms with Crippen molar-refractivity contribution < 1.29 is 24.3 Å². The zero-order chi connectivity index (χ0) is 24.0. The minimum Gasteiger partial charge on any atom is -0.480 e. The van der Waals surface area contributed by atoms with Gasteiger partial charge in [-0.2, -0.15) is 36.2 Å². The molecule has 0 bridgehead atoms. The number of aliphatic carboxylic acids is 1. The van der Waals surface area contributed by atoms with Gasteiger partial charge in [-0.3, -0.25) is 14.4 Å². The van der Waals surface area contributed by atoms with Crippen LogP contribution in [0.5, 0.6) is 0 Å². The molecule has 180 valence electrons. The molecule has 0 saturated heterocycles. The van der Waals surface area contributed by atoms with E-state index in [1.165, 1.54) is 11.8 Å². The molecule has 0 saturated carbocycles. The van der Waals surface area contributed by atoms with E-state index in [-0.39, 0.29) is 11.7 Å². The average molecular weight is 497 g/mol. The van der Waals surface area contributed by atoms with Crippen molar-refractivity contribution in [2.24, 2.45) is 11.7 Å². The summed E-state index contributed by atoms with van der Waals surface area (Å²) in [5, 5.41) is 16.9. The van der Waals surface area contributed by atoms with Gasteiger partial charge in [0.2, 0.25) is 17.7 Å². The number of carbonyl (C=O) groups is 4. The first-order valence-electron chi connectivity index (χ1n) is 10.1. The van der Waals surface area contributed by atoms with Gasteiger partial charge in [-0.1, -0.05) is 20.3 Å². The number of rotatable bonds is 16. The Morgan fingerprint density at radius 2 is 1.48 bits per heavy atom. The Balaban J connectivity index is 5.36. The molecule has 0 aliphatic heterocycles. The van der Waals surface area contributed by atoms with Crippen molar-refractivity contribution in [2.45, 2.75) is 57.3 Å². The molecule has 0 aliphatic rings. The van der Waals surface area contributed by atoms with Crippen LogP contribution in [0.25, 0.3) is 0 Å². The summed E-state index contributed by atoms with van der Waals surface area (Å²) in [7, 11) is 0. The summed E-state index contributed by atoms with van der Waals surface area (Å²) in [4.78, 5) is 49.3. The van der Waals surface area contributed by atoms with E-state index >= 15 is 0 Å². The van der Waals surface area contributed by atoms with Gasteiger partial charge in [0, 0.05) is 5.75 Å². The SMILES string of the molecule is CCC(C)C(NC(=O)C(N)CCSC)C(=O)NC(CCSC)C(=O)NC(CS)C(=O)O. The predicted molar refractivity (Wildman–Crippen MR) is 131 cm³/mol. The van der Waals surface area contributed by atoms with Gasteiger partial charge in [-0.05, 0) is 42.8 Å². The Kier molecular flexibility index (Phi) is 15.9. The molecule has 0 heterocycles. The van der Waals surface area contributed by atoms with Gasteiger partial charge in [0.15, 0.2) is 0 Å². The maximum Gasteiger partial charge on any atom is 0.327 e. The van der Waals surface area contributed by atoms with Gasteiger partial charge in [0.25, 0.3) is 0 Å². The fourth-order valence-electron chi connectivity index (χ4n) is 2.56. The molecule has 0 rings (SSSR count). The van der Waals surface area contributed by atoms with Crippen LogP contribution < -0.4 is 21.7 Å². The third kappa shape index (κ3) is 11.4. The van der Waals surface area contributed by atoms with E-state index in [1.54, 1.807) is 11.8 Å². The van der Waals surface area contributed by atoms with E-state index in [0.29, 0.717) is 25.0 Å². The monoisotopic (exact) mass is 496 g/mol. The van der Waals surface area contributed by atoms with Gasteiger partial charge in [-0.25, -0.2) is 4.79 Å². The Morgan fingerprint density at radius 3 is 1.97 bits per heavy atom. The Bertz CT molecular complexity index is 597. The highest BCUT2D eigenvalue weighted by atomic mass is 32.2. The third-order valence-corrected chi connectivity index (χ3v) is 6.46. The number of nitrogens with one attached hydrogen (secondary N) is 3. The summed E-state index contributed by atoms with van der Waals surface area (Å²) < 4.78 is 0. The van der Waals surface area contributed by atoms with E-state index in [2.05, 4.69) is 28.6 Å². The number of thioether (sulfide) groups is 2. The largest absolute Gasteiger partial charge is 0.480 e. The molecule has 31 heavy (non-hydrogen) atoms. The zero-order valence-electron chi connectivity index (χ0n) is 18.6. The number of carboxylic acids is 1. The van der Waals surface area contributed by atoms with Crippen LogP contribution in [0.4, 0.5) is 0 Å². The lowest BCUT2D eigenvalue weighted by Crippen LogP contribution is -2.58. The predicted octanol–water partition coefficient (Wildman–Crippen LogP) is 0.335. The molecule has 3 amide bonds. The molecule has 5 unspecified atom stereocenters. The first-order valence-corrected chi connectivity index (χ1v) is 13.5. The Labute approximate surface area is 198 Å². The van der Waals surface area contributed by atoms with Crippen molar-refractivity contribution in [3.05, 3.63) is 0 Å². The van der Waals surface area contributed by atoms with Crippen LogP contribution in [0.1, 0.15) is 33.1 Å². The van der Waals surface area contributed by atoms with Crippen molar-refractivity contribution in [3.63, 3.8) is 0 Å². The van der Waals surface area contributed by atoms with Crippen molar-refractivity contribution in [1.82, 2.24) is 16.0 Å². The second kappa shape index (κ2) is 16.5. The van der Waals surface area contributed by atoms with Crippen LogP contribution in [0.15, 0.2) is 0 Å². The quantitative estimate of drug-likeness (QED) is 0.167. The molecule has 0 fully saturated rings. The summed E-state index contributed by atoms with van der Waals surface area (Å²) in [5.41, 5.74) is 5.92. The summed E-state index contributed by atoms with van der Waals surface area (Å²) in [6.07, 6.45) is 5.21. The molecule has 6 N–H and O–H groups in total. The maximum absolute atomic E-state index is 13.0. The third-order valence-electron chi connectivity index (χ3n) is 4.80. The van der Waals surface area contributed by atoms with Crippen molar-refractivity contribution in [3.8, 4) is 0 Å². The molecule has 9 nitrogen and oxygen atoms in total. The van der Waals surface area contributed by atoms with Crippen molar-refractivity contribution >= 4 is 59.8 Å². The Hall–Kier alpha value is -1.11. The molecule has 12 heteroatoms. The highest BCUT2D eigenvalue weighted by Crippen LogP contribution is 2.11. The second-order valence-electron chi connectivity index (χ2n) is 7.18. The summed E-state index contributed by atoms with van der Waals surface area (Å²) in [6, 6.07) is -3.68. The highest BCUT2D eigenvalue weighted by molar-refractivity contribution is 7.98. The first kappa shape index (κ1) is 29.9. The van der Waals surface area contributed by atoms with Crippen LogP contribution in [0.2, 0.25) is 0 Å². The fraction of sp³-hybridized carbons (Fsp3) is 0.789. The lowest BCUT2D eigenvalue weighted by atomic mass is 9.97. The number of carbonyl (C=O) groups excluding carboxylic acids is 3. The first-order chi connectivity index (χ1) is 14.6. The van der Waals surface area contributed by atoms with Crippen molar-refractivity contribution in [2.75, 3.05) is 29.8 Å². The highest BCUT2D eigenvalue weighted by Gasteiger charge is 2.32. The standard InChI is InChI=1S/C19H36N4O5S3/c1-5-11(2)15(23-16(24)12(20)6-8-30-3)18(26)21-13(7-9-31-4)17(25)22-14(10-29)19(27)28/h11-15,29H,5-10,20H2,1-4H3,(H,21,26)(H,22,25)(H,23,24)(H,27,28). The van der Waals surface area contributed by atoms with Crippen molar-refractivity contribution in [1.29, 1.82) is 0 Å². The normalized spacial score (nSPS) is 15.8. The van der Waals surface area contributed by atoms with Gasteiger partial charge >= 0.3 is 5.97 Å². The van der Waals surface area contributed by atoms with E-state index in [9.17, 15) is 19.2 Å². The number of nitrogens with two attached hydrogens (primary N) is 1. The van der Waals surface area contributed by atoms with Crippen LogP contribution in [-0.4, -0.2) is 82.7 Å². The van der Waals surface area contributed by atoms with E-state index in [1.807, 2.05) is 26.4 Å². The lowest BCUT2D eigenvalue weighted by Gasteiger charge is -2.28. The van der Waals surface area contributed by atoms with Crippen LogP contribution >= 0.6 is 36.2 Å². The number of carboxylic acid groups (broad SMARTS) is 1.